The number of esters is 2. The number of aliphatic hydroxyl groups is 1. The molecule has 0 aliphatic carbocycles. The number of hydrogen-bond acceptors (Lipinski definition) is 7. The van der Waals surface area contributed by atoms with Gasteiger partial charge in [0.25, 0.3) is 0 Å². The third kappa shape index (κ3) is 36.8. The number of unbranched alkanes of at least 4 members (excludes halogenated alkanes) is 14. The van der Waals surface area contributed by atoms with E-state index in [1.807, 2.05) is 24.3 Å². The molecule has 0 saturated carbocycles. The SMILES string of the molecule is CC/C=C/CC(O)/C=C/C=C/CCCCCCCC(=O)O[C@H](COC(=O)CCCCCCC/C=C\C=C/CCCCCC)COP(=O)(O)O. The van der Waals surface area contributed by atoms with E-state index < -0.39 is 38.6 Å². The quantitative estimate of drug-likeness (QED) is 0.0200. The first-order valence-electron chi connectivity index (χ1n) is 18.7. The summed E-state index contributed by atoms with van der Waals surface area (Å²) >= 11 is 0. The second-order valence-corrected chi connectivity index (χ2v) is 13.6. The fourth-order valence-electron chi connectivity index (χ4n) is 4.81. The third-order valence-corrected chi connectivity index (χ3v) is 8.11. The highest BCUT2D eigenvalue weighted by molar-refractivity contribution is 7.46. The van der Waals surface area contributed by atoms with Gasteiger partial charge in [-0.2, -0.15) is 0 Å². The first-order chi connectivity index (χ1) is 23.7. The number of ether oxygens (including phenoxy) is 2. The van der Waals surface area contributed by atoms with Crippen molar-refractivity contribution in [3.05, 3.63) is 60.8 Å². The number of rotatable bonds is 33. The van der Waals surface area contributed by atoms with Gasteiger partial charge in [-0.25, -0.2) is 4.57 Å². The highest BCUT2D eigenvalue weighted by Crippen LogP contribution is 2.36. The Labute approximate surface area is 297 Å². The summed E-state index contributed by atoms with van der Waals surface area (Å²) in [5.74, 6) is -0.962. The standard InChI is InChI=1S/C39H67O9P/c1-3-5-7-8-9-10-11-12-13-14-15-18-21-24-28-32-38(41)46-34-37(35-47-49(43,44)45)48-39(42)33-29-25-22-19-16-17-20-23-27-31-36(40)30-26-6-4-2/h6,10-13,20,23,26-27,31,36-37,40H,3-5,7-9,14-19,21-22,24-25,28-30,32-35H2,1-2H3,(H2,43,44,45)/b11-10-,13-12-,23-20+,26-6+,31-27+/t36?,37-/m1/s1. The van der Waals surface area contributed by atoms with E-state index in [2.05, 4.69) is 48.8 Å². The van der Waals surface area contributed by atoms with Crippen LogP contribution in [-0.4, -0.2) is 52.3 Å². The minimum Gasteiger partial charge on any atom is -0.462 e. The van der Waals surface area contributed by atoms with Gasteiger partial charge in [0.1, 0.15) is 6.61 Å². The molecule has 3 N–H and O–H groups in total. The van der Waals surface area contributed by atoms with Crippen LogP contribution in [0.15, 0.2) is 60.8 Å². The van der Waals surface area contributed by atoms with Gasteiger partial charge >= 0.3 is 19.8 Å². The molecule has 49 heavy (non-hydrogen) atoms. The van der Waals surface area contributed by atoms with Gasteiger partial charge < -0.3 is 24.4 Å². The predicted molar refractivity (Wildman–Crippen MR) is 199 cm³/mol. The van der Waals surface area contributed by atoms with Crippen LogP contribution in [0.3, 0.4) is 0 Å². The van der Waals surface area contributed by atoms with Crippen molar-refractivity contribution in [1.82, 2.24) is 0 Å². The first-order valence-corrected chi connectivity index (χ1v) is 20.2. The second kappa shape index (κ2) is 34.2. The van der Waals surface area contributed by atoms with Gasteiger partial charge in [0, 0.05) is 12.8 Å². The second-order valence-electron chi connectivity index (χ2n) is 12.4. The molecule has 0 aliphatic rings. The van der Waals surface area contributed by atoms with Gasteiger partial charge in [-0.3, -0.25) is 14.1 Å². The zero-order valence-corrected chi connectivity index (χ0v) is 31.3. The van der Waals surface area contributed by atoms with Crippen molar-refractivity contribution in [2.45, 2.75) is 161 Å². The average Bonchev–Trinajstić information content (AvgIpc) is 3.06. The minimum absolute atomic E-state index is 0.159. The monoisotopic (exact) mass is 710 g/mol. The minimum atomic E-state index is -4.77. The van der Waals surface area contributed by atoms with E-state index in [4.69, 9.17) is 19.3 Å². The van der Waals surface area contributed by atoms with E-state index in [-0.39, 0.29) is 19.4 Å². The number of phosphoric acid groups is 1. The lowest BCUT2D eigenvalue weighted by Gasteiger charge is -2.18. The van der Waals surface area contributed by atoms with Crippen molar-refractivity contribution in [3.8, 4) is 0 Å². The molecule has 0 spiro atoms. The molecule has 10 heteroatoms. The van der Waals surface area contributed by atoms with Crippen LogP contribution < -0.4 is 0 Å². The maximum absolute atomic E-state index is 12.4. The van der Waals surface area contributed by atoms with Crippen LogP contribution in [-0.2, 0) is 28.2 Å². The van der Waals surface area contributed by atoms with E-state index in [0.29, 0.717) is 19.3 Å². The van der Waals surface area contributed by atoms with Gasteiger partial charge in [-0.05, 0) is 64.2 Å². The Kier molecular flexibility index (Phi) is 32.6. The zero-order valence-electron chi connectivity index (χ0n) is 30.4. The third-order valence-electron chi connectivity index (χ3n) is 7.63. The lowest BCUT2D eigenvalue weighted by Crippen LogP contribution is -2.29. The topological polar surface area (TPSA) is 140 Å². The van der Waals surface area contributed by atoms with Gasteiger partial charge in [0.15, 0.2) is 6.10 Å². The van der Waals surface area contributed by atoms with Gasteiger partial charge in [0.2, 0.25) is 0 Å². The summed E-state index contributed by atoms with van der Waals surface area (Å²) in [6, 6.07) is 0. The van der Waals surface area contributed by atoms with Crippen LogP contribution in [0, 0.1) is 0 Å². The molecule has 0 amide bonds. The largest absolute Gasteiger partial charge is 0.469 e. The Morgan fingerprint density at radius 2 is 1.14 bits per heavy atom. The number of hydrogen-bond donors (Lipinski definition) is 3. The maximum Gasteiger partial charge on any atom is 0.469 e. The van der Waals surface area contributed by atoms with Crippen molar-refractivity contribution in [2.24, 2.45) is 0 Å². The molecule has 0 aliphatic heterocycles. The van der Waals surface area contributed by atoms with Gasteiger partial charge in [0.05, 0.1) is 12.7 Å². The van der Waals surface area contributed by atoms with Crippen LogP contribution >= 0.6 is 7.82 Å². The molecule has 1 unspecified atom stereocenters. The number of phosphoric ester groups is 1. The van der Waals surface area contributed by atoms with Crippen LogP contribution in [0.2, 0.25) is 0 Å². The maximum atomic E-state index is 12.4. The van der Waals surface area contributed by atoms with E-state index in [1.54, 1.807) is 6.08 Å². The van der Waals surface area contributed by atoms with Crippen LogP contribution in [0.5, 0.6) is 0 Å². The molecule has 0 rings (SSSR count). The van der Waals surface area contributed by atoms with E-state index >= 15 is 0 Å². The highest BCUT2D eigenvalue weighted by Gasteiger charge is 2.22. The van der Waals surface area contributed by atoms with E-state index in [0.717, 1.165) is 77.0 Å². The van der Waals surface area contributed by atoms with Crippen molar-refractivity contribution < 1.29 is 43.0 Å². The Bertz CT molecular complexity index is 996. The molecule has 0 fully saturated rings. The number of allylic oxidation sites excluding steroid dienone is 8. The normalized spacial score (nSPS) is 13.8. The molecule has 0 radical (unpaired) electrons. The zero-order chi connectivity index (χ0) is 36.3. The molecule has 0 aromatic rings. The van der Waals surface area contributed by atoms with Crippen LogP contribution in [0.4, 0.5) is 0 Å². The Balaban J connectivity index is 4.09. The number of carbonyl (C=O) groups excluding carboxylic acids is 2. The molecule has 0 aromatic heterocycles. The Morgan fingerprint density at radius 3 is 1.69 bits per heavy atom. The van der Waals surface area contributed by atoms with Crippen LogP contribution in [0.1, 0.15) is 149 Å². The summed E-state index contributed by atoms with van der Waals surface area (Å²) in [5.41, 5.74) is 0. The van der Waals surface area contributed by atoms with Crippen molar-refractivity contribution in [3.63, 3.8) is 0 Å². The fourth-order valence-corrected chi connectivity index (χ4v) is 5.17. The summed E-state index contributed by atoms with van der Waals surface area (Å²) in [7, 11) is -4.77. The lowest BCUT2D eigenvalue weighted by atomic mass is 10.1. The fraction of sp³-hybridized carbons (Fsp3) is 0.692. The summed E-state index contributed by atoms with van der Waals surface area (Å²) in [6.45, 7) is 3.40. The average molecular weight is 711 g/mol. The highest BCUT2D eigenvalue weighted by atomic mass is 31.2. The molecule has 0 aromatic carbocycles. The van der Waals surface area contributed by atoms with Gasteiger partial charge in [-0.1, -0.05) is 132 Å². The summed E-state index contributed by atoms with van der Waals surface area (Å²) in [6.07, 6.45) is 38.4. The summed E-state index contributed by atoms with van der Waals surface area (Å²) in [5, 5.41) is 9.83. The summed E-state index contributed by atoms with van der Waals surface area (Å²) in [4.78, 5) is 42.7. The van der Waals surface area contributed by atoms with Crippen molar-refractivity contribution in [2.75, 3.05) is 13.2 Å². The number of carbonyl (C=O) groups is 2. The Morgan fingerprint density at radius 1 is 0.633 bits per heavy atom. The smallest absolute Gasteiger partial charge is 0.462 e. The molecule has 0 heterocycles. The molecule has 0 bridgehead atoms. The van der Waals surface area contributed by atoms with Gasteiger partial charge in [-0.15, -0.1) is 0 Å². The number of aliphatic hydroxyl groups excluding tert-OH is 1. The molecular weight excluding hydrogens is 643 g/mol. The molecule has 9 nitrogen and oxygen atoms in total. The van der Waals surface area contributed by atoms with E-state index in [1.165, 1.54) is 25.7 Å². The van der Waals surface area contributed by atoms with Crippen LogP contribution in [0.25, 0.3) is 0 Å². The van der Waals surface area contributed by atoms with E-state index in [9.17, 15) is 19.3 Å². The molecule has 0 saturated heterocycles. The predicted octanol–water partition coefficient (Wildman–Crippen LogP) is 9.92. The van der Waals surface area contributed by atoms with Crippen molar-refractivity contribution >= 4 is 19.8 Å². The molecular formula is C39H67O9P. The lowest BCUT2D eigenvalue weighted by molar-refractivity contribution is -0.161. The molecule has 282 valence electrons. The Hall–Kier alpha value is -2.29. The molecule has 2 atom stereocenters. The van der Waals surface area contributed by atoms with Crippen molar-refractivity contribution in [1.29, 1.82) is 0 Å². The summed E-state index contributed by atoms with van der Waals surface area (Å²) < 4.78 is 26.2. The first kappa shape index (κ1) is 46.7.